The van der Waals surface area contributed by atoms with Crippen LogP contribution in [-0.4, -0.2) is 22.5 Å². The minimum Gasteiger partial charge on any atom is -0.456 e. The third-order valence-corrected chi connectivity index (χ3v) is 1.85. The Hall–Kier alpha value is -2.42. The highest BCUT2D eigenvalue weighted by atomic mass is 16.6. The zero-order valence-corrected chi connectivity index (χ0v) is 9.39. The summed E-state index contributed by atoms with van der Waals surface area (Å²) in [5, 5.41) is 10.5. The van der Waals surface area contributed by atoms with Crippen molar-refractivity contribution >= 4 is 11.7 Å². The van der Waals surface area contributed by atoms with Crippen LogP contribution in [0.15, 0.2) is 12.3 Å². The minimum absolute atomic E-state index is 0.0771. The molecule has 0 bridgehead atoms. The van der Waals surface area contributed by atoms with Gasteiger partial charge in [-0.15, -0.1) is 0 Å². The average Bonchev–Trinajstić information content (AvgIpc) is 2.26. The Labute approximate surface area is 97.8 Å². The maximum absolute atomic E-state index is 10.9. The van der Waals surface area contributed by atoms with E-state index in [4.69, 9.17) is 0 Å². The van der Waals surface area contributed by atoms with Crippen molar-refractivity contribution in [2.75, 3.05) is 6.61 Å². The standard InChI is InChI=1S/C11H10N2O4/c1-3-17-11(14)5-4-9-6-8(2)10(7-12-9)13(15)16/h6-7H,3H2,1-2H3. The van der Waals surface area contributed by atoms with Gasteiger partial charge in [0.05, 0.1) is 11.5 Å². The van der Waals surface area contributed by atoms with Crippen molar-refractivity contribution in [2.45, 2.75) is 13.8 Å². The van der Waals surface area contributed by atoms with E-state index in [2.05, 4.69) is 21.6 Å². The molecule has 1 aromatic heterocycles. The number of nitro groups is 1. The van der Waals surface area contributed by atoms with Gasteiger partial charge in [0.2, 0.25) is 0 Å². The largest absolute Gasteiger partial charge is 0.456 e. The quantitative estimate of drug-likeness (QED) is 0.332. The number of carbonyl (C=O) groups is 1. The van der Waals surface area contributed by atoms with E-state index in [1.165, 1.54) is 6.07 Å². The van der Waals surface area contributed by atoms with Crippen molar-refractivity contribution in [3.8, 4) is 11.8 Å². The molecule has 0 aromatic carbocycles. The van der Waals surface area contributed by atoms with Gasteiger partial charge in [-0.1, -0.05) is 0 Å². The molecule has 17 heavy (non-hydrogen) atoms. The summed E-state index contributed by atoms with van der Waals surface area (Å²) >= 11 is 0. The molecule has 0 saturated carbocycles. The summed E-state index contributed by atoms with van der Waals surface area (Å²) in [4.78, 5) is 24.7. The molecule has 6 nitrogen and oxygen atoms in total. The number of esters is 1. The molecule has 0 spiro atoms. The van der Waals surface area contributed by atoms with Crippen LogP contribution in [0.1, 0.15) is 18.2 Å². The molecule has 1 aromatic rings. The van der Waals surface area contributed by atoms with Gasteiger partial charge in [-0.3, -0.25) is 10.1 Å². The van der Waals surface area contributed by atoms with Crippen molar-refractivity contribution < 1.29 is 14.5 Å². The van der Waals surface area contributed by atoms with E-state index in [1.807, 2.05) is 0 Å². The molecule has 1 heterocycles. The van der Waals surface area contributed by atoms with E-state index in [1.54, 1.807) is 13.8 Å². The third kappa shape index (κ3) is 3.57. The predicted molar refractivity (Wildman–Crippen MR) is 59.1 cm³/mol. The summed E-state index contributed by atoms with van der Waals surface area (Å²) < 4.78 is 4.61. The number of rotatable bonds is 2. The van der Waals surface area contributed by atoms with Crippen LogP contribution in [-0.2, 0) is 9.53 Å². The first-order valence-electron chi connectivity index (χ1n) is 4.84. The molecule has 0 unspecified atom stereocenters. The number of carbonyl (C=O) groups excluding carboxylic acids is 1. The van der Waals surface area contributed by atoms with E-state index >= 15 is 0 Å². The Balaban J connectivity index is 2.91. The Morgan fingerprint density at radius 3 is 2.88 bits per heavy atom. The normalized spacial score (nSPS) is 9.06. The Morgan fingerprint density at radius 2 is 2.35 bits per heavy atom. The van der Waals surface area contributed by atoms with Crippen molar-refractivity contribution in [1.29, 1.82) is 0 Å². The summed E-state index contributed by atoms with van der Waals surface area (Å²) in [7, 11) is 0. The fourth-order valence-electron chi connectivity index (χ4n) is 1.09. The molecule has 0 atom stereocenters. The Kier molecular flexibility index (Phi) is 4.17. The van der Waals surface area contributed by atoms with Gasteiger partial charge in [0, 0.05) is 11.5 Å². The molecule has 0 amide bonds. The smallest absolute Gasteiger partial charge is 0.384 e. The summed E-state index contributed by atoms with van der Waals surface area (Å²) in [5.41, 5.74) is 0.658. The average molecular weight is 234 g/mol. The summed E-state index contributed by atoms with van der Waals surface area (Å²) in [6, 6.07) is 1.45. The molecule has 0 N–H and O–H groups in total. The highest BCUT2D eigenvalue weighted by molar-refractivity contribution is 5.89. The number of nitrogens with zero attached hydrogens (tertiary/aromatic N) is 2. The lowest BCUT2D eigenvalue weighted by Gasteiger charge is -1.96. The number of hydrogen-bond acceptors (Lipinski definition) is 5. The highest BCUT2D eigenvalue weighted by Crippen LogP contribution is 2.15. The fraction of sp³-hybridized carbons (Fsp3) is 0.273. The van der Waals surface area contributed by atoms with Gasteiger partial charge < -0.3 is 4.74 Å². The number of aromatic nitrogens is 1. The third-order valence-electron chi connectivity index (χ3n) is 1.85. The number of pyridine rings is 1. The maximum Gasteiger partial charge on any atom is 0.384 e. The first-order valence-corrected chi connectivity index (χ1v) is 4.84. The van der Waals surface area contributed by atoms with Gasteiger partial charge in [-0.05, 0) is 25.8 Å². The molecule has 0 aliphatic rings. The van der Waals surface area contributed by atoms with Crippen LogP contribution in [0.5, 0.6) is 0 Å². The lowest BCUT2D eigenvalue weighted by atomic mass is 10.2. The molecule has 0 aliphatic heterocycles. The van der Waals surface area contributed by atoms with Crippen LogP contribution in [0.3, 0.4) is 0 Å². The second-order valence-corrected chi connectivity index (χ2v) is 3.08. The van der Waals surface area contributed by atoms with Gasteiger partial charge in [-0.25, -0.2) is 9.78 Å². The number of hydrogen-bond donors (Lipinski definition) is 0. The molecular weight excluding hydrogens is 224 g/mol. The Bertz CT molecular complexity index is 514. The summed E-state index contributed by atoms with van der Waals surface area (Å²) in [5.74, 6) is 4.06. The molecule has 1 rings (SSSR count). The molecule has 0 aliphatic carbocycles. The van der Waals surface area contributed by atoms with Crippen LogP contribution in [0.2, 0.25) is 0 Å². The Morgan fingerprint density at radius 1 is 1.65 bits per heavy atom. The van der Waals surface area contributed by atoms with Gasteiger partial charge in [-0.2, -0.15) is 0 Å². The predicted octanol–water partition coefficient (Wildman–Crippen LogP) is 1.21. The lowest BCUT2D eigenvalue weighted by Crippen LogP contribution is -2.00. The van der Waals surface area contributed by atoms with Crippen LogP contribution >= 0.6 is 0 Å². The maximum atomic E-state index is 10.9. The topological polar surface area (TPSA) is 82.3 Å². The fourth-order valence-corrected chi connectivity index (χ4v) is 1.09. The van der Waals surface area contributed by atoms with Crippen molar-refractivity contribution in [1.82, 2.24) is 4.98 Å². The minimum atomic E-state index is -0.648. The zero-order valence-electron chi connectivity index (χ0n) is 9.39. The van der Waals surface area contributed by atoms with E-state index in [0.29, 0.717) is 11.3 Å². The molecule has 0 saturated heterocycles. The van der Waals surface area contributed by atoms with E-state index < -0.39 is 10.9 Å². The second-order valence-electron chi connectivity index (χ2n) is 3.08. The van der Waals surface area contributed by atoms with Crippen LogP contribution in [0, 0.1) is 28.9 Å². The summed E-state index contributed by atoms with van der Waals surface area (Å²) in [6.07, 6.45) is 1.12. The van der Waals surface area contributed by atoms with Crippen molar-refractivity contribution in [2.24, 2.45) is 0 Å². The molecular formula is C11H10N2O4. The number of aryl methyl sites for hydroxylation is 1. The highest BCUT2D eigenvalue weighted by Gasteiger charge is 2.10. The van der Waals surface area contributed by atoms with Gasteiger partial charge in [0.15, 0.2) is 0 Å². The van der Waals surface area contributed by atoms with Crippen LogP contribution in [0.25, 0.3) is 0 Å². The van der Waals surface area contributed by atoms with E-state index in [0.717, 1.165) is 6.20 Å². The van der Waals surface area contributed by atoms with Gasteiger partial charge >= 0.3 is 5.97 Å². The monoisotopic (exact) mass is 234 g/mol. The molecule has 88 valence electrons. The first kappa shape index (κ1) is 12.6. The molecule has 0 fully saturated rings. The van der Waals surface area contributed by atoms with Crippen LogP contribution in [0.4, 0.5) is 5.69 Å². The van der Waals surface area contributed by atoms with Gasteiger partial charge in [0.1, 0.15) is 11.9 Å². The molecule has 6 heteroatoms. The van der Waals surface area contributed by atoms with Gasteiger partial charge in [0.25, 0.3) is 5.69 Å². The zero-order chi connectivity index (χ0) is 12.8. The van der Waals surface area contributed by atoms with Crippen molar-refractivity contribution in [3.05, 3.63) is 33.6 Å². The lowest BCUT2D eigenvalue weighted by molar-refractivity contribution is -0.385. The van der Waals surface area contributed by atoms with Crippen molar-refractivity contribution in [3.63, 3.8) is 0 Å². The van der Waals surface area contributed by atoms with E-state index in [-0.39, 0.29) is 12.3 Å². The number of ether oxygens (including phenoxy) is 1. The second kappa shape index (κ2) is 5.61. The first-order chi connectivity index (χ1) is 8.04. The summed E-state index contributed by atoms with van der Waals surface area (Å²) in [6.45, 7) is 3.50. The molecule has 0 radical (unpaired) electrons. The van der Waals surface area contributed by atoms with E-state index in [9.17, 15) is 14.9 Å². The SMILES string of the molecule is CCOC(=O)C#Cc1cc(C)c([N+](=O)[O-])cn1. The van der Waals surface area contributed by atoms with Crippen LogP contribution < -0.4 is 0 Å².